The van der Waals surface area contributed by atoms with Gasteiger partial charge in [0.05, 0.1) is 12.3 Å². The summed E-state index contributed by atoms with van der Waals surface area (Å²) < 4.78 is 6.30. The minimum Gasteiger partial charge on any atom is -0.450 e. The lowest BCUT2D eigenvalue weighted by Crippen LogP contribution is -2.20. The molecule has 88 valence electrons. The SMILES string of the molecule is CCCn1cc(NC(=O)OCC)ccc1=O. The van der Waals surface area contributed by atoms with Crippen molar-refractivity contribution < 1.29 is 9.53 Å². The molecular formula is C11H16N2O3. The third-order valence-corrected chi connectivity index (χ3v) is 1.97. The first-order valence-electron chi connectivity index (χ1n) is 5.31. The van der Waals surface area contributed by atoms with E-state index in [1.54, 1.807) is 23.8 Å². The number of hydrogen-bond acceptors (Lipinski definition) is 3. The van der Waals surface area contributed by atoms with Crippen molar-refractivity contribution in [2.75, 3.05) is 11.9 Å². The summed E-state index contributed by atoms with van der Waals surface area (Å²) in [7, 11) is 0. The number of carbonyl (C=O) groups is 1. The van der Waals surface area contributed by atoms with Gasteiger partial charge in [-0.3, -0.25) is 10.1 Å². The van der Waals surface area contributed by atoms with E-state index in [1.165, 1.54) is 6.07 Å². The highest BCUT2D eigenvalue weighted by atomic mass is 16.5. The molecule has 1 aromatic rings. The average Bonchev–Trinajstić information content (AvgIpc) is 2.24. The van der Waals surface area contributed by atoms with E-state index in [9.17, 15) is 9.59 Å². The van der Waals surface area contributed by atoms with Crippen molar-refractivity contribution in [3.63, 3.8) is 0 Å². The van der Waals surface area contributed by atoms with Crippen LogP contribution < -0.4 is 10.9 Å². The summed E-state index contributed by atoms with van der Waals surface area (Å²) >= 11 is 0. The molecule has 0 saturated heterocycles. The van der Waals surface area contributed by atoms with Gasteiger partial charge in [0.2, 0.25) is 0 Å². The summed E-state index contributed by atoms with van der Waals surface area (Å²) in [6.45, 7) is 4.67. The van der Waals surface area contributed by atoms with E-state index >= 15 is 0 Å². The Bertz CT molecular complexity index is 412. The monoisotopic (exact) mass is 224 g/mol. The maximum absolute atomic E-state index is 11.4. The van der Waals surface area contributed by atoms with Crippen LogP contribution in [0.5, 0.6) is 0 Å². The van der Waals surface area contributed by atoms with Crippen LogP contribution in [0.1, 0.15) is 20.3 Å². The Balaban J connectivity index is 2.78. The Morgan fingerprint density at radius 3 is 2.81 bits per heavy atom. The Kier molecular flexibility index (Phi) is 4.57. The van der Waals surface area contributed by atoms with Gasteiger partial charge in [-0.15, -0.1) is 0 Å². The fraction of sp³-hybridized carbons (Fsp3) is 0.455. The van der Waals surface area contributed by atoms with Crippen LogP contribution in [0.3, 0.4) is 0 Å². The Labute approximate surface area is 94.0 Å². The number of aryl methyl sites for hydroxylation is 1. The highest BCUT2D eigenvalue weighted by Crippen LogP contribution is 2.04. The molecule has 5 nitrogen and oxygen atoms in total. The van der Waals surface area contributed by atoms with Crippen LogP contribution in [0.15, 0.2) is 23.1 Å². The van der Waals surface area contributed by atoms with Gasteiger partial charge in [0.15, 0.2) is 0 Å². The molecule has 1 amide bonds. The molecule has 0 radical (unpaired) electrons. The van der Waals surface area contributed by atoms with Crippen LogP contribution in [-0.4, -0.2) is 17.3 Å². The number of ether oxygens (including phenoxy) is 1. The number of anilines is 1. The van der Waals surface area contributed by atoms with E-state index in [-0.39, 0.29) is 5.56 Å². The molecule has 5 heteroatoms. The highest BCUT2D eigenvalue weighted by molar-refractivity contribution is 5.84. The van der Waals surface area contributed by atoms with Gasteiger partial charge in [0.25, 0.3) is 5.56 Å². The third kappa shape index (κ3) is 3.42. The maximum Gasteiger partial charge on any atom is 0.411 e. The first-order valence-corrected chi connectivity index (χ1v) is 5.31. The van der Waals surface area contributed by atoms with Gasteiger partial charge in [0.1, 0.15) is 0 Å². The summed E-state index contributed by atoms with van der Waals surface area (Å²) in [6.07, 6.45) is 1.97. The molecule has 1 heterocycles. The summed E-state index contributed by atoms with van der Waals surface area (Å²) in [4.78, 5) is 22.5. The number of nitrogens with zero attached hydrogens (tertiary/aromatic N) is 1. The quantitative estimate of drug-likeness (QED) is 0.848. The fourth-order valence-corrected chi connectivity index (χ4v) is 1.31. The number of amides is 1. The van der Waals surface area contributed by atoms with E-state index in [0.29, 0.717) is 18.8 Å². The van der Waals surface area contributed by atoms with Crippen LogP contribution in [0.4, 0.5) is 10.5 Å². The molecule has 16 heavy (non-hydrogen) atoms. The second-order valence-corrected chi connectivity index (χ2v) is 3.29. The normalized spacial score (nSPS) is 9.88. The van der Waals surface area contributed by atoms with Gasteiger partial charge >= 0.3 is 6.09 Å². The molecule has 0 spiro atoms. The molecule has 1 N–H and O–H groups in total. The molecule has 0 atom stereocenters. The fourth-order valence-electron chi connectivity index (χ4n) is 1.31. The lowest BCUT2D eigenvalue weighted by molar-refractivity contribution is 0.168. The van der Waals surface area contributed by atoms with Crippen molar-refractivity contribution in [1.29, 1.82) is 0 Å². The molecule has 0 unspecified atom stereocenters. The predicted molar refractivity (Wildman–Crippen MR) is 61.6 cm³/mol. The smallest absolute Gasteiger partial charge is 0.411 e. The van der Waals surface area contributed by atoms with E-state index < -0.39 is 6.09 Å². The van der Waals surface area contributed by atoms with Crippen LogP contribution in [-0.2, 0) is 11.3 Å². The van der Waals surface area contributed by atoms with Crippen molar-refractivity contribution in [1.82, 2.24) is 4.57 Å². The molecular weight excluding hydrogens is 208 g/mol. The van der Waals surface area contributed by atoms with Gasteiger partial charge in [-0.1, -0.05) is 6.92 Å². The summed E-state index contributed by atoms with van der Waals surface area (Å²) in [5.41, 5.74) is 0.489. The zero-order chi connectivity index (χ0) is 12.0. The molecule has 0 saturated carbocycles. The number of nitrogens with one attached hydrogen (secondary N) is 1. The average molecular weight is 224 g/mol. The first kappa shape index (κ1) is 12.3. The Morgan fingerprint density at radius 1 is 1.44 bits per heavy atom. The van der Waals surface area contributed by atoms with Gasteiger partial charge < -0.3 is 9.30 Å². The molecule has 0 aliphatic carbocycles. The van der Waals surface area contributed by atoms with Crippen LogP contribution >= 0.6 is 0 Å². The zero-order valence-electron chi connectivity index (χ0n) is 9.53. The number of pyridine rings is 1. The van der Waals surface area contributed by atoms with Gasteiger partial charge in [-0.05, 0) is 19.4 Å². The van der Waals surface area contributed by atoms with Crippen molar-refractivity contribution >= 4 is 11.8 Å². The molecule has 0 aromatic carbocycles. The molecule has 0 aliphatic heterocycles. The Hall–Kier alpha value is -1.78. The van der Waals surface area contributed by atoms with Crippen LogP contribution in [0.2, 0.25) is 0 Å². The zero-order valence-corrected chi connectivity index (χ0v) is 9.53. The molecule has 0 fully saturated rings. The topological polar surface area (TPSA) is 60.3 Å². The van der Waals surface area contributed by atoms with Crippen molar-refractivity contribution in [2.24, 2.45) is 0 Å². The van der Waals surface area contributed by atoms with Crippen LogP contribution in [0.25, 0.3) is 0 Å². The first-order chi connectivity index (χ1) is 7.67. The Morgan fingerprint density at radius 2 is 2.19 bits per heavy atom. The summed E-state index contributed by atoms with van der Waals surface area (Å²) in [5.74, 6) is 0. The lowest BCUT2D eigenvalue weighted by Gasteiger charge is -2.08. The standard InChI is InChI=1S/C11H16N2O3/c1-3-7-13-8-9(5-6-10(13)14)12-11(15)16-4-2/h5-6,8H,3-4,7H2,1-2H3,(H,12,15). The summed E-state index contributed by atoms with van der Waals surface area (Å²) in [5, 5.41) is 2.55. The molecule has 1 rings (SSSR count). The highest BCUT2D eigenvalue weighted by Gasteiger charge is 2.03. The van der Waals surface area contributed by atoms with E-state index in [4.69, 9.17) is 4.74 Å². The molecule has 0 aliphatic rings. The summed E-state index contributed by atoms with van der Waals surface area (Å²) in [6, 6.07) is 2.99. The second kappa shape index (κ2) is 5.95. The third-order valence-electron chi connectivity index (χ3n) is 1.97. The number of hydrogen-bond donors (Lipinski definition) is 1. The van der Waals surface area contributed by atoms with E-state index in [0.717, 1.165) is 6.42 Å². The van der Waals surface area contributed by atoms with Crippen molar-refractivity contribution in [2.45, 2.75) is 26.8 Å². The van der Waals surface area contributed by atoms with Crippen LogP contribution in [0, 0.1) is 0 Å². The van der Waals surface area contributed by atoms with E-state index in [2.05, 4.69) is 5.32 Å². The number of rotatable bonds is 4. The maximum atomic E-state index is 11.4. The molecule has 1 aromatic heterocycles. The molecule has 0 bridgehead atoms. The van der Waals surface area contributed by atoms with Crippen molar-refractivity contribution in [3.8, 4) is 0 Å². The van der Waals surface area contributed by atoms with Crippen molar-refractivity contribution in [3.05, 3.63) is 28.7 Å². The minimum atomic E-state index is -0.510. The number of aromatic nitrogens is 1. The van der Waals surface area contributed by atoms with E-state index in [1.807, 2.05) is 6.92 Å². The van der Waals surface area contributed by atoms with Gasteiger partial charge in [-0.2, -0.15) is 0 Å². The van der Waals surface area contributed by atoms with Gasteiger partial charge in [-0.25, -0.2) is 4.79 Å². The second-order valence-electron chi connectivity index (χ2n) is 3.29. The minimum absolute atomic E-state index is 0.0729. The number of carbonyl (C=O) groups excluding carboxylic acids is 1. The predicted octanol–water partition coefficient (Wildman–Crippen LogP) is 1.83. The van der Waals surface area contributed by atoms with Gasteiger partial charge in [0, 0.05) is 18.8 Å². The largest absolute Gasteiger partial charge is 0.450 e. The lowest BCUT2D eigenvalue weighted by atomic mass is 10.4.